The number of hydrogen-bond donors (Lipinski definition) is 1. The minimum atomic E-state index is -1.49. The lowest BCUT2D eigenvalue weighted by molar-refractivity contribution is 0.438. The van der Waals surface area contributed by atoms with E-state index in [1.165, 1.54) is 6.20 Å². The van der Waals surface area contributed by atoms with E-state index in [9.17, 15) is 4.39 Å². The Bertz CT molecular complexity index is 244. The highest BCUT2D eigenvalue weighted by molar-refractivity contribution is 14.1. The van der Waals surface area contributed by atoms with Gasteiger partial charge in [0.25, 0.3) is 0 Å². The second-order valence-electron chi connectivity index (χ2n) is 2.10. The lowest BCUT2D eigenvalue weighted by Crippen LogP contribution is -2.02. The molecule has 0 aliphatic rings. The summed E-state index contributed by atoms with van der Waals surface area (Å²) in [5.74, 6) is 0. The highest BCUT2D eigenvalue weighted by atomic mass is 127. The maximum absolute atomic E-state index is 13.1. The summed E-state index contributed by atoms with van der Waals surface area (Å²) in [6, 6.07) is 3.19. The molecule has 60 valence electrons. The van der Waals surface area contributed by atoms with E-state index >= 15 is 0 Å². The fraction of sp³-hybridized carbons (Fsp3) is 0.167. The normalized spacial score (nSPS) is 15.9. The van der Waals surface area contributed by atoms with Crippen molar-refractivity contribution in [2.75, 3.05) is 5.73 Å². The number of hydrogen-bond acceptors (Lipinski definition) is 2. The molecule has 1 aromatic heterocycles. The van der Waals surface area contributed by atoms with E-state index in [0.29, 0.717) is 11.4 Å². The second-order valence-corrected chi connectivity index (χ2v) is 5.64. The molecule has 2 N–H and O–H groups in total. The number of rotatable bonds is 1. The Morgan fingerprint density at radius 1 is 1.64 bits per heavy atom. The van der Waals surface area contributed by atoms with Gasteiger partial charge in [-0.25, -0.2) is 4.39 Å². The fourth-order valence-electron chi connectivity index (χ4n) is 0.602. The van der Waals surface area contributed by atoms with Gasteiger partial charge in [0.2, 0.25) is 3.42 Å². The van der Waals surface area contributed by atoms with E-state index in [-0.39, 0.29) is 0 Å². The largest absolute Gasteiger partial charge is 0.397 e. The van der Waals surface area contributed by atoms with Gasteiger partial charge < -0.3 is 5.73 Å². The monoisotopic (exact) mass is 284 g/mol. The second kappa shape index (κ2) is 3.19. The van der Waals surface area contributed by atoms with E-state index in [0.717, 1.165) is 0 Å². The van der Waals surface area contributed by atoms with Crippen LogP contribution in [-0.2, 0) is 3.42 Å². The molecule has 5 heteroatoms. The first kappa shape index (κ1) is 9.13. The van der Waals surface area contributed by atoms with Crippen LogP contribution >= 0.6 is 31.8 Å². The van der Waals surface area contributed by atoms with Gasteiger partial charge in [0.15, 0.2) is 0 Å². The predicted molar refractivity (Wildman–Crippen MR) is 55.2 cm³/mol. The van der Waals surface area contributed by atoms with E-state index in [1.807, 2.05) is 0 Å². The van der Waals surface area contributed by atoms with Crippen LogP contribution in [-0.4, -0.2) is 4.98 Å². The lowest BCUT2D eigenvalue weighted by Gasteiger charge is -2.10. The number of pyridine rings is 1. The van der Waals surface area contributed by atoms with Gasteiger partial charge in [-0.15, -0.1) is 0 Å². The van der Waals surface area contributed by atoms with Crippen molar-refractivity contribution >= 4 is 37.5 Å². The summed E-state index contributed by atoms with van der Waals surface area (Å²) >= 11 is 1.65. The molecule has 0 saturated carbocycles. The van der Waals surface area contributed by atoms with Crippen molar-refractivity contribution in [3.63, 3.8) is 0 Å². The van der Waals surface area contributed by atoms with Crippen LogP contribution in [0.4, 0.5) is 10.1 Å². The van der Waals surface area contributed by atoms with Crippen molar-refractivity contribution in [2.24, 2.45) is 0 Å². The minimum Gasteiger partial charge on any atom is -0.397 e. The molecule has 2 nitrogen and oxygen atoms in total. The average molecular weight is 284 g/mol. The zero-order chi connectivity index (χ0) is 8.48. The predicted octanol–water partition coefficient (Wildman–Crippen LogP) is 2.05. The SMILES string of the molecule is Nc1ccc(C(F)(P)I)nc1. The Balaban J connectivity index is 2.99. The van der Waals surface area contributed by atoms with Crippen molar-refractivity contribution in [2.45, 2.75) is 3.42 Å². The number of aromatic nitrogens is 1. The molecular weight excluding hydrogens is 277 g/mol. The Hall–Kier alpha value is 0.0400. The van der Waals surface area contributed by atoms with Gasteiger partial charge in [-0.1, -0.05) is 9.24 Å². The van der Waals surface area contributed by atoms with Gasteiger partial charge in [-0.3, -0.25) is 4.98 Å². The Kier molecular flexibility index (Phi) is 2.65. The highest BCUT2D eigenvalue weighted by Gasteiger charge is 2.22. The molecule has 11 heavy (non-hydrogen) atoms. The first-order chi connectivity index (χ1) is 5.00. The van der Waals surface area contributed by atoms with Crippen LogP contribution in [0.1, 0.15) is 5.69 Å². The molecule has 0 radical (unpaired) electrons. The summed E-state index contributed by atoms with van der Waals surface area (Å²) in [7, 11) is 2.06. The van der Waals surface area contributed by atoms with Gasteiger partial charge in [0.05, 0.1) is 17.6 Å². The van der Waals surface area contributed by atoms with Crippen LogP contribution < -0.4 is 5.73 Å². The number of halogens is 2. The van der Waals surface area contributed by atoms with Crippen molar-refractivity contribution < 1.29 is 4.39 Å². The number of nitrogens with zero attached hydrogens (tertiary/aromatic N) is 1. The van der Waals surface area contributed by atoms with E-state index in [2.05, 4.69) is 14.2 Å². The molecule has 0 saturated heterocycles. The molecule has 0 bridgehead atoms. The first-order valence-electron chi connectivity index (χ1n) is 2.89. The third kappa shape index (κ3) is 2.52. The molecule has 1 rings (SSSR count). The van der Waals surface area contributed by atoms with Crippen LogP contribution in [0.3, 0.4) is 0 Å². The van der Waals surface area contributed by atoms with Crippen LogP contribution in [0.25, 0.3) is 0 Å². The zero-order valence-electron chi connectivity index (χ0n) is 5.59. The van der Waals surface area contributed by atoms with E-state index in [1.54, 1.807) is 34.7 Å². The smallest absolute Gasteiger partial charge is 0.214 e. The molecule has 1 aromatic rings. The van der Waals surface area contributed by atoms with Crippen molar-refractivity contribution in [3.05, 3.63) is 24.0 Å². The standard InChI is InChI=1S/C6H7FIN2P/c7-6(8,11)5-2-1-4(9)3-10-5/h1-3H,9,11H2. The summed E-state index contributed by atoms with van der Waals surface area (Å²) in [5.41, 5.74) is 6.28. The molecule has 0 amide bonds. The molecular formula is C6H7FIN2P. The van der Waals surface area contributed by atoms with Crippen molar-refractivity contribution in [3.8, 4) is 0 Å². The Morgan fingerprint density at radius 3 is 2.64 bits per heavy atom. The Labute approximate surface area is 80.1 Å². The number of nitrogens with two attached hydrogens (primary N) is 1. The third-order valence-electron chi connectivity index (χ3n) is 1.13. The summed E-state index contributed by atoms with van der Waals surface area (Å²) < 4.78 is 11.6. The number of anilines is 1. The maximum atomic E-state index is 13.1. The van der Waals surface area contributed by atoms with Crippen LogP contribution in [0.15, 0.2) is 18.3 Å². The maximum Gasteiger partial charge on any atom is 0.214 e. The van der Waals surface area contributed by atoms with E-state index < -0.39 is 3.42 Å². The molecule has 0 aliphatic heterocycles. The first-order valence-corrected chi connectivity index (χ1v) is 4.54. The van der Waals surface area contributed by atoms with Crippen LogP contribution in [0.2, 0.25) is 0 Å². The molecule has 2 atom stereocenters. The van der Waals surface area contributed by atoms with Crippen LogP contribution in [0.5, 0.6) is 0 Å². The van der Waals surface area contributed by atoms with Gasteiger partial charge in [-0.2, -0.15) is 0 Å². The third-order valence-corrected chi connectivity index (χ3v) is 1.98. The lowest BCUT2D eigenvalue weighted by atomic mass is 10.3. The Morgan fingerprint density at radius 2 is 2.27 bits per heavy atom. The summed E-state index contributed by atoms with van der Waals surface area (Å²) in [6.07, 6.45) is 1.44. The summed E-state index contributed by atoms with van der Waals surface area (Å²) in [4.78, 5) is 3.82. The topological polar surface area (TPSA) is 38.9 Å². The molecule has 0 aliphatic carbocycles. The van der Waals surface area contributed by atoms with Gasteiger partial charge in [0, 0.05) is 0 Å². The fourth-order valence-corrected chi connectivity index (χ4v) is 1.09. The van der Waals surface area contributed by atoms with Crippen molar-refractivity contribution in [1.82, 2.24) is 4.98 Å². The van der Waals surface area contributed by atoms with Gasteiger partial charge >= 0.3 is 0 Å². The van der Waals surface area contributed by atoms with Crippen LogP contribution in [0, 0.1) is 0 Å². The van der Waals surface area contributed by atoms with Crippen molar-refractivity contribution in [1.29, 1.82) is 0 Å². The summed E-state index contributed by atoms with van der Waals surface area (Å²) in [6.45, 7) is 0. The summed E-state index contributed by atoms with van der Waals surface area (Å²) in [5, 5.41) is 0. The molecule has 0 aromatic carbocycles. The number of nitrogen functional groups attached to an aromatic ring is 1. The number of alkyl halides is 2. The van der Waals surface area contributed by atoms with Gasteiger partial charge in [-0.05, 0) is 34.7 Å². The molecule has 0 spiro atoms. The zero-order valence-corrected chi connectivity index (χ0v) is 8.90. The average Bonchev–Trinajstić information content (AvgIpc) is 1.86. The van der Waals surface area contributed by atoms with Gasteiger partial charge in [0.1, 0.15) is 0 Å². The molecule has 0 fully saturated rings. The quantitative estimate of drug-likeness (QED) is 0.487. The minimum absolute atomic E-state index is 0.359. The molecule has 2 unspecified atom stereocenters. The highest BCUT2D eigenvalue weighted by Crippen LogP contribution is 2.38. The molecule has 1 heterocycles. The van der Waals surface area contributed by atoms with E-state index in [4.69, 9.17) is 5.73 Å².